The molecule has 0 fully saturated rings. The molecular formula is C12H24O3. The van der Waals surface area contributed by atoms with Crippen LogP contribution in [-0.2, 0) is 9.53 Å². The summed E-state index contributed by atoms with van der Waals surface area (Å²) in [5.74, 6) is -0.339. The van der Waals surface area contributed by atoms with E-state index in [1.165, 1.54) is 0 Å². The molecule has 2 unspecified atom stereocenters. The maximum atomic E-state index is 11.6. The molecule has 0 saturated carbocycles. The monoisotopic (exact) mass is 216 g/mol. The van der Waals surface area contributed by atoms with Crippen molar-refractivity contribution in [2.45, 2.75) is 53.1 Å². The fourth-order valence-corrected chi connectivity index (χ4v) is 2.07. The second-order valence-electron chi connectivity index (χ2n) is 4.67. The van der Waals surface area contributed by atoms with Gasteiger partial charge in [-0.15, -0.1) is 0 Å². The molecule has 90 valence electrons. The molecule has 3 heteroatoms. The van der Waals surface area contributed by atoms with Crippen molar-refractivity contribution >= 4 is 5.97 Å². The van der Waals surface area contributed by atoms with Gasteiger partial charge in [-0.05, 0) is 32.6 Å². The minimum Gasteiger partial charge on any atom is -0.466 e. The molecule has 0 aromatic heterocycles. The zero-order valence-corrected chi connectivity index (χ0v) is 10.5. The second kappa shape index (κ2) is 6.11. The number of carbonyl (C=O) groups excluding carboxylic acids is 1. The molecular weight excluding hydrogens is 192 g/mol. The van der Waals surface area contributed by atoms with E-state index in [0.717, 1.165) is 0 Å². The van der Waals surface area contributed by atoms with Crippen LogP contribution in [-0.4, -0.2) is 23.3 Å². The van der Waals surface area contributed by atoms with Gasteiger partial charge < -0.3 is 9.84 Å². The number of esters is 1. The summed E-state index contributed by atoms with van der Waals surface area (Å²) < 4.78 is 4.96. The molecule has 1 N–H and O–H groups in total. The van der Waals surface area contributed by atoms with Crippen molar-refractivity contribution in [3.63, 3.8) is 0 Å². The van der Waals surface area contributed by atoms with Gasteiger partial charge >= 0.3 is 5.97 Å². The highest BCUT2D eigenvalue weighted by Gasteiger charge is 2.37. The van der Waals surface area contributed by atoms with Crippen LogP contribution in [0.25, 0.3) is 0 Å². The third kappa shape index (κ3) is 4.65. The van der Waals surface area contributed by atoms with Gasteiger partial charge in [0, 0.05) is 0 Å². The first-order valence-electron chi connectivity index (χ1n) is 5.74. The van der Waals surface area contributed by atoms with E-state index in [4.69, 9.17) is 4.74 Å². The summed E-state index contributed by atoms with van der Waals surface area (Å²) in [6.07, 6.45) is 1.23. The van der Waals surface area contributed by atoms with Crippen LogP contribution in [0, 0.1) is 11.8 Å². The van der Waals surface area contributed by atoms with Gasteiger partial charge in [0.15, 0.2) is 0 Å². The summed E-state index contributed by atoms with van der Waals surface area (Å²) >= 11 is 0. The summed E-state index contributed by atoms with van der Waals surface area (Å²) in [4.78, 5) is 11.6. The van der Waals surface area contributed by atoms with Gasteiger partial charge in [-0.1, -0.05) is 20.8 Å². The Morgan fingerprint density at radius 2 is 1.93 bits per heavy atom. The molecule has 0 spiro atoms. The zero-order valence-electron chi connectivity index (χ0n) is 10.5. The zero-order chi connectivity index (χ0) is 12.1. The lowest BCUT2D eigenvalue weighted by Crippen LogP contribution is -2.41. The normalized spacial score (nSPS) is 17.3. The molecule has 0 saturated heterocycles. The van der Waals surface area contributed by atoms with Crippen LogP contribution in [0.1, 0.15) is 47.5 Å². The Bertz CT molecular complexity index is 197. The van der Waals surface area contributed by atoms with E-state index in [1.807, 2.05) is 20.8 Å². The van der Waals surface area contributed by atoms with Crippen LogP contribution >= 0.6 is 0 Å². The number of carbonyl (C=O) groups is 1. The van der Waals surface area contributed by atoms with Crippen LogP contribution in [0.5, 0.6) is 0 Å². The van der Waals surface area contributed by atoms with E-state index < -0.39 is 11.5 Å². The van der Waals surface area contributed by atoms with E-state index in [1.54, 1.807) is 13.8 Å². The SMILES string of the molecule is CCOC(=O)C(CC)C(C)(O)CC(C)C. The Labute approximate surface area is 92.8 Å². The van der Waals surface area contributed by atoms with Crippen molar-refractivity contribution in [3.05, 3.63) is 0 Å². The molecule has 3 nitrogen and oxygen atoms in total. The molecule has 0 rings (SSSR count). The average molecular weight is 216 g/mol. The standard InChI is InChI=1S/C12H24O3/c1-6-10(11(13)15-7-2)12(5,14)8-9(3)4/h9-10,14H,6-8H2,1-5H3. The largest absolute Gasteiger partial charge is 0.466 e. The lowest BCUT2D eigenvalue weighted by Gasteiger charge is -2.32. The van der Waals surface area contributed by atoms with Gasteiger partial charge in [0.2, 0.25) is 0 Å². The molecule has 0 aromatic carbocycles. The van der Waals surface area contributed by atoms with Gasteiger partial charge in [0.25, 0.3) is 0 Å². The first kappa shape index (κ1) is 14.4. The molecule has 2 atom stereocenters. The fraction of sp³-hybridized carbons (Fsp3) is 0.917. The first-order chi connectivity index (χ1) is 6.85. The smallest absolute Gasteiger partial charge is 0.311 e. The Kier molecular flexibility index (Phi) is 5.88. The van der Waals surface area contributed by atoms with Crippen LogP contribution in [0.2, 0.25) is 0 Å². The van der Waals surface area contributed by atoms with E-state index in [0.29, 0.717) is 25.4 Å². The van der Waals surface area contributed by atoms with Crippen molar-refractivity contribution in [2.75, 3.05) is 6.61 Å². The summed E-state index contributed by atoms with van der Waals surface area (Å²) in [6, 6.07) is 0. The molecule has 0 heterocycles. The summed E-state index contributed by atoms with van der Waals surface area (Å²) in [5.41, 5.74) is -0.963. The number of hydrogen-bond donors (Lipinski definition) is 1. The molecule has 15 heavy (non-hydrogen) atoms. The van der Waals surface area contributed by atoms with Crippen LogP contribution in [0.4, 0.5) is 0 Å². The minimum atomic E-state index is -0.963. The van der Waals surface area contributed by atoms with Crippen molar-refractivity contribution in [3.8, 4) is 0 Å². The number of rotatable bonds is 6. The quantitative estimate of drug-likeness (QED) is 0.693. The van der Waals surface area contributed by atoms with Gasteiger partial charge in [-0.2, -0.15) is 0 Å². The van der Waals surface area contributed by atoms with Crippen molar-refractivity contribution in [1.29, 1.82) is 0 Å². The molecule has 0 aliphatic carbocycles. The minimum absolute atomic E-state index is 0.286. The number of hydrogen-bond acceptors (Lipinski definition) is 3. The molecule has 0 aromatic rings. The maximum absolute atomic E-state index is 11.6. The predicted molar refractivity (Wildman–Crippen MR) is 60.5 cm³/mol. The second-order valence-corrected chi connectivity index (χ2v) is 4.67. The topological polar surface area (TPSA) is 46.5 Å². The average Bonchev–Trinajstić information content (AvgIpc) is 2.01. The highest BCUT2D eigenvalue weighted by atomic mass is 16.5. The highest BCUT2D eigenvalue weighted by molar-refractivity contribution is 5.73. The third-order valence-corrected chi connectivity index (χ3v) is 2.55. The van der Waals surface area contributed by atoms with Crippen LogP contribution in [0.15, 0.2) is 0 Å². The predicted octanol–water partition coefficient (Wildman–Crippen LogP) is 2.37. The van der Waals surface area contributed by atoms with Crippen molar-refractivity contribution < 1.29 is 14.6 Å². The van der Waals surface area contributed by atoms with E-state index in [2.05, 4.69) is 0 Å². The Hall–Kier alpha value is -0.570. The van der Waals surface area contributed by atoms with E-state index in [-0.39, 0.29) is 5.97 Å². The summed E-state index contributed by atoms with van der Waals surface area (Å²) in [6.45, 7) is 9.84. The van der Waals surface area contributed by atoms with Crippen LogP contribution in [0.3, 0.4) is 0 Å². The highest BCUT2D eigenvalue weighted by Crippen LogP contribution is 2.28. The molecule has 0 bridgehead atoms. The maximum Gasteiger partial charge on any atom is 0.311 e. The Morgan fingerprint density at radius 1 is 1.40 bits per heavy atom. The van der Waals surface area contributed by atoms with E-state index >= 15 is 0 Å². The van der Waals surface area contributed by atoms with Gasteiger partial charge in [0.05, 0.1) is 18.1 Å². The summed E-state index contributed by atoms with van der Waals surface area (Å²) in [7, 11) is 0. The molecule has 0 radical (unpaired) electrons. The summed E-state index contributed by atoms with van der Waals surface area (Å²) in [5, 5.41) is 10.2. The third-order valence-electron chi connectivity index (χ3n) is 2.55. The number of aliphatic hydroxyl groups is 1. The Balaban J connectivity index is 4.56. The first-order valence-corrected chi connectivity index (χ1v) is 5.74. The van der Waals surface area contributed by atoms with Crippen LogP contribution < -0.4 is 0 Å². The lowest BCUT2D eigenvalue weighted by atomic mass is 9.81. The van der Waals surface area contributed by atoms with Gasteiger partial charge in [0.1, 0.15) is 0 Å². The van der Waals surface area contributed by atoms with Gasteiger partial charge in [-0.25, -0.2) is 0 Å². The lowest BCUT2D eigenvalue weighted by molar-refractivity contribution is -0.158. The van der Waals surface area contributed by atoms with Crippen molar-refractivity contribution in [2.24, 2.45) is 11.8 Å². The molecule has 0 amide bonds. The Morgan fingerprint density at radius 3 is 2.27 bits per heavy atom. The van der Waals surface area contributed by atoms with E-state index in [9.17, 15) is 9.90 Å². The molecule has 0 aliphatic heterocycles. The molecule has 0 aliphatic rings. The van der Waals surface area contributed by atoms with Gasteiger partial charge in [-0.3, -0.25) is 4.79 Å². The fourth-order valence-electron chi connectivity index (χ4n) is 2.07. The van der Waals surface area contributed by atoms with Crippen molar-refractivity contribution in [1.82, 2.24) is 0 Å². The number of ether oxygens (including phenoxy) is 1.